The molecule has 25 heavy (non-hydrogen) atoms. The van der Waals surface area contributed by atoms with Crippen molar-refractivity contribution >= 4 is 18.3 Å². The molecule has 1 aromatic rings. The molecule has 4 nitrogen and oxygen atoms in total. The van der Waals surface area contributed by atoms with Crippen LogP contribution in [-0.2, 0) is 0 Å². The average molecular weight is 367 g/mol. The number of carbonyl (C=O) groups is 1. The number of ether oxygens (including phenoxy) is 1. The van der Waals surface area contributed by atoms with Gasteiger partial charge in [-0.1, -0.05) is 6.42 Å². The van der Waals surface area contributed by atoms with Crippen LogP contribution in [0.25, 0.3) is 0 Å². The molecule has 2 saturated heterocycles. The van der Waals surface area contributed by atoms with E-state index >= 15 is 0 Å². The summed E-state index contributed by atoms with van der Waals surface area (Å²) in [6.07, 6.45) is 8.63. The predicted molar refractivity (Wildman–Crippen MR) is 104 cm³/mol. The summed E-state index contributed by atoms with van der Waals surface area (Å²) in [4.78, 5) is 16.9. The van der Waals surface area contributed by atoms with Crippen LogP contribution in [0.4, 0.5) is 0 Å². The van der Waals surface area contributed by atoms with Crippen LogP contribution >= 0.6 is 12.4 Å². The minimum absolute atomic E-state index is 0. The number of halogens is 1. The van der Waals surface area contributed by atoms with Crippen LogP contribution in [0.5, 0.6) is 5.75 Å². The fourth-order valence-corrected chi connectivity index (χ4v) is 3.63. The van der Waals surface area contributed by atoms with Gasteiger partial charge in [0.15, 0.2) is 0 Å². The zero-order valence-corrected chi connectivity index (χ0v) is 15.9. The molecule has 2 heterocycles. The van der Waals surface area contributed by atoms with Crippen molar-refractivity contribution < 1.29 is 9.53 Å². The summed E-state index contributed by atoms with van der Waals surface area (Å²) < 4.78 is 5.83. The molecule has 0 unspecified atom stereocenters. The van der Waals surface area contributed by atoms with Crippen LogP contribution in [-0.4, -0.2) is 55.0 Å². The highest BCUT2D eigenvalue weighted by molar-refractivity contribution is 5.94. The number of hydrogen-bond donors (Lipinski definition) is 0. The molecule has 2 aliphatic heterocycles. The Morgan fingerprint density at radius 1 is 0.880 bits per heavy atom. The number of hydrogen-bond acceptors (Lipinski definition) is 3. The molecule has 1 amide bonds. The minimum atomic E-state index is 0. The second-order valence-electron chi connectivity index (χ2n) is 6.98. The van der Waals surface area contributed by atoms with E-state index in [4.69, 9.17) is 4.74 Å². The van der Waals surface area contributed by atoms with E-state index in [0.717, 1.165) is 56.8 Å². The highest BCUT2D eigenvalue weighted by atomic mass is 35.5. The molecule has 5 heteroatoms. The van der Waals surface area contributed by atoms with Crippen molar-refractivity contribution in [1.29, 1.82) is 0 Å². The Balaban J connectivity index is 0.00000225. The molecule has 0 aliphatic carbocycles. The van der Waals surface area contributed by atoms with Crippen LogP contribution in [0.3, 0.4) is 0 Å². The van der Waals surface area contributed by atoms with Gasteiger partial charge in [-0.15, -0.1) is 12.4 Å². The molecule has 2 fully saturated rings. The summed E-state index contributed by atoms with van der Waals surface area (Å²) in [5.41, 5.74) is 0.776. The standard InChI is InChI=1S/C20H30N2O2.ClH/c23-20(22-15-5-2-6-16-22)18-8-10-19(11-9-18)24-17-7-14-21-12-3-1-4-13-21;/h8-11H,1-7,12-17H2;1H. The first kappa shape index (κ1) is 20.1. The molecule has 1 aromatic carbocycles. The van der Waals surface area contributed by atoms with E-state index < -0.39 is 0 Å². The first-order chi connectivity index (χ1) is 11.8. The highest BCUT2D eigenvalue weighted by Gasteiger charge is 2.17. The number of rotatable bonds is 6. The quantitative estimate of drug-likeness (QED) is 0.713. The van der Waals surface area contributed by atoms with Crippen LogP contribution in [0.1, 0.15) is 55.3 Å². The van der Waals surface area contributed by atoms with Crippen molar-refractivity contribution in [1.82, 2.24) is 9.80 Å². The Labute approximate surface area is 157 Å². The summed E-state index contributed by atoms with van der Waals surface area (Å²) in [5, 5.41) is 0. The third kappa shape index (κ3) is 6.19. The van der Waals surface area contributed by atoms with Crippen LogP contribution < -0.4 is 4.74 Å². The zero-order chi connectivity index (χ0) is 16.6. The Morgan fingerprint density at radius 3 is 2.12 bits per heavy atom. The maximum atomic E-state index is 12.4. The summed E-state index contributed by atoms with van der Waals surface area (Å²) in [5.74, 6) is 1.02. The predicted octanol–water partition coefficient (Wildman–Crippen LogP) is 3.99. The third-order valence-corrected chi connectivity index (χ3v) is 5.08. The van der Waals surface area contributed by atoms with Crippen molar-refractivity contribution in [3.8, 4) is 5.75 Å². The number of amides is 1. The SMILES string of the molecule is Cl.O=C(c1ccc(OCCCN2CCCCC2)cc1)N1CCCCC1. The molecule has 0 spiro atoms. The van der Waals surface area contributed by atoms with E-state index in [1.54, 1.807) is 0 Å². The van der Waals surface area contributed by atoms with E-state index in [9.17, 15) is 4.79 Å². The lowest BCUT2D eigenvalue weighted by Crippen LogP contribution is -2.35. The molecule has 0 bridgehead atoms. The van der Waals surface area contributed by atoms with Gasteiger partial charge in [-0.25, -0.2) is 0 Å². The number of carbonyl (C=O) groups excluding carboxylic acids is 1. The molecule has 0 aromatic heterocycles. The zero-order valence-electron chi connectivity index (χ0n) is 15.1. The van der Waals surface area contributed by atoms with Crippen molar-refractivity contribution in [3.05, 3.63) is 29.8 Å². The summed E-state index contributed by atoms with van der Waals surface area (Å²) in [6, 6.07) is 7.66. The molecule has 0 radical (unpaired) electrons. The monoisotopic (exact) mass is 366 g/mol. The lowest BCUT2D eigenvalue weighted by atomic mass is 10.1. The minimum Gasteiger partial charge on any atom is -0.494 e. The van der Waals surface area contributed by atoms with Crippen molar-refractivity contribution in [2.75, 3.05) is 39.3 Å². The molecule has 2 aliphatic rings. The first-order valence-corrected chi connectivity index (χ1v) is 9.57. The van der Waals surface area contributed by atoms with Gasteiger partial charge in [0.2, 0.25) is 0 Å². The van der Waals surface area contributed by atoms with Gasteiger partial charge in [-0.05, 0) is 75.9 Å². The second-order valence-corrected chi connectivity index (χ2v) is 6.98. The average Bonchev–Trinajstić information content (AvgIpc) is 2.67. The number of piperidine rings is 2. The molecular weight excluding hydrogens is 336 g/mol. The highest BCUT2D eigenvalue weighted by Crippen LogP contribution is 2.17. The van der Waals surface area contributed by atoms with E-state index in [1.807, 2.05) is 29.2 Å². The topological polar surface area (TPSA) is 32.8 Å². The van der Waals surface area contributed by atoms with Gasteiger partial charge in [-0.2, -0.15) is 0 Å². The maximum Gasteiger partial charge on any atom is 0.253 e. The molecule has 140 valence electrons. The van der Waals surface area contributed by atoms with E-state index in [-0.39, 0.29) is 18.3 Å². The molecule has 0 N–H and O–H groups in total. The van der Waals surface area contributed by atoms with Gasteiger partial charge in [0, 0.05) is 25.2 Å². The second kappa shape index (κ2) is 10.7. The van der Waals surface area contributed by atoms with Gasteiger partial charge in [0.1, 0.15) is 5.75 Å². The number of nitrogens with zero attached hydrogens (tertiary/aromatic N) is 2. The molecule has 0 atom stereocenters. The first-order valence-electron chi connectivity index (χ1n) is 9.57. The van der Waals surface area contributed by atoms with Crippen LogP contribution in [0.15, 0.2) is 24.3 Å². The maximum absolute atomic E-state index is 12.4. The molecule has 0 saturated carbocycles. The van der Waals surface area contributed by atoms with Gasteiger partial charge in [0.25, 0.3) is 5.91 Å². The lowest BCUT2D eigenvalue weighted by Gasteiger charge is -2.26. The fourth-order valence-electron chi connectivity index (χ4n) is 3.63. The lowest BCUT2D eigenvalue weighted by molar-refractivity contribution is 0.0724. The smallest absolute Gasteiger partial charge is 0.253 e. The van der Waals surface area contributed by atoms with Gasteiger partial charge in [0.05, 0.1) is 6.61 Å². The Morgan fingerprint density at radius 2 is 1.48 bits per heavy atom. The van der Waals surface area contributed by atoms with Crippen LogP contribution in [0, 0.1) is 0 Å². The number of benzene rings is 1. The third-order valence-electron chi connectivity index (χ3n) is 5.08. The Bertz CT molecular complexity index is 509. The summed E-state index contributed by atoms with van der Waals surface area (Å²) >= 11 is 0. The van der Waals surface area contributed by atoms with E-state index in [0.29, 0.717) is 0 Å². The number of likely N-dealkylation sites (tertiary alicyclic amines) is 2. The summed E-state index contributed by atoms with van der Waals surface area (Å²) in [6.45, 7) is 6.16. The normalized spacial score (nSPS) is 18.5. The Kier molecular flexibility index (Phi) is 8.56. The summed E-state index contributed by atoms with van der Waals surface area (Å²) in [7, 11) is 0. The van der Waals surface area contributed by atoms with Gasteiger partial charge >= 0.3 is 0 Å². The van der Waals surface area contributed by atoms with E-state index in [2.05, 4.69) is 4.90 Å². The van der Waals surface area contributed by atoms with E-state index in [1.165, 1.54) is 38.8 Å². The van der Waals surface area contributed by atoms with Gasteiger partial charge in [-0.3, -0.25) is 4.79 Å². The van der Waals surface area contributed by atoms with Crippen molar-refractivity contribution in [2.24, 2.45) is 0 Å². The fraction of sp³-hybridized carbons (Fsp3) is 0.650. The Hall–Kier alpha value is -1.26. The van der Waals surface area contributed by atoms with Crippen molar-refractivity contribution in [3.63, 3.8) is 0 Å². The van der Waals surface area contributed by atoms with Crippen molar-refractivity contribution in [2.45, 2.75) is 44.9 Å². The van der Waals surface area contributed by atoms with Gasteiger partial charge < -0.3 is 14.5 Å². The molecule has 3 rings (SSSR count). The van der Waals surface area contributed by atoms with Crippen LogP contribution in [0.2, 0.25) is 0 Å². The largest absolute Gasteiger partial charge is 0.494 e. The molecular formula is C20H31ClN2O2.